The lowest BCUT2D eigenvalue weighted by Crippen LogP contribution is -2.08. The number of nitrogens with zero attached hydrogens (tertiary/aromatic N) is 1. The van der Waals surface area contributed by atoms with E-state index in [0.29, 0.717) is 18.1 Å². The van der Waals surface area contributed by atoms with Crippen molar-refractivity contribution in [1.82, 2.24) is 5.16 Å². The molecule has 31 heavy (non-hydrogen) atoms. The van der Waals surface area contributed by atoms with Gasteiger partial charge in [0.2, 0.25) is 0 Å². The zero-order valence-electron chi connectivity index (χ0n) is 17.4. The average Bonchev–Trinajstić information content (AvgIpc) is 3.41. The summed E-state index contributed by atoms with van der Waals surface area (Å²) in [5, 5.41) is 11.3. The highest BCUT2D eigenvalue weighted by Gasteiger charge is 2.24. The smallest absolute Gasteiger partial charge is 0.516 e. The second kappa shape index (κ2) is 8.92. The van der Waals surface area contributed by atoms with E-state index in [0.717, 1.165) is 28.2 Å². The third-order valence-corrected chi connectivity index (χ3v) is 5.24. The maximum atomic E-state index is 11.4. The van der Waals surface area contributed by atoms with Crippen molar-refractivity contribution in [3.63, 3.8) is 0 Å². The van der Waals surface area contributed by atoms with Crippen molar-refractivity contribution in [3.05, 3.63) is 95.1 Å². The Bertz CT molecular complexity index is 1140. The van der Waals surface area contributed by atoms with Gasteiger partial charge in [0.25, 0.3) is 0 Å². The fraction of sp³-hybridized carbons (Fsp3) is 0.200. The van der Waals surface area contributed by atoms with Crippen molar-refractivity contribution in [2.75, 3.05) is 0 Å². The maximum Gasteiger partial charge on any atom is 0.516 e. The van der Waals surface area contributed by atoms with E-state index >= 15 is 0 Å². The summed E-state index contributed by atoms with van der Waals surface area (Å²) in [6, 6.07) is 19.4. The quantitative estimate of drug-likeness (QED) is 0.380. The van der Waals surface area contributed by atoms with E-state index in [1.807, 2.05) is 49.4 Å². The molecule has 0 aliphatic rings. The van der Waals surface area contributed by atoms with Crippen molar-refractivity contribution in [2.45, 2.75) is 32.8 Å². The number of furan rings is 1. The molecule has 4 aromatic rings. The number of aromatic nitrogens is 1. The summed E-state index contributed by atoms with van der Waals surface area (Å²) in [4.78, 5) is 11.4. The van der Waals surface area contributed by atoms with Gasteiger partial charge in [-0.25, -0.2) is 0 Å². The zero-order chi connectivity index (χ0) is 21.8. The van der Waals surface area contributed by atoms with Gasteiger partial charge in [-0.05, 0) is 37.6 Å². The molecular formula is C25H24NO5+. The van der Waals surface area contributed by atoms with Gasteiger partial charge in [-0.1, -0.05) is 47.1 Å². The molecule has 0 spiro atoms. The van der Waals surface area contributed by atoms with Crippen LogP contribution in [0.2, 0.25) is 0 Å². The van der Waals surface area contributed by atoms with E-state index in [1.54, 1.807) is 6.07 Å². The Hall–Kier alpha value is -3.80. The highest BCUT2D eigenvalue weighted by Crippen LogP contribution is 2.30. The molecule has 0 bridgehead atoms. The topological polar surface area (TPSA) is 88.4 Å². The Morgan fingerprint density at radius 3 is 2.45 bits per heavy atom. The second-order valence-electron chi connectivity index (χ2n) is 7.52. The molecule has 6 nitrogen and oxygen atoms in total. The van der Waals surface area contributed by atoms with Gasteiger partial charge in [-0.2, -0.15) is 0 Å². The number of rotatable bonds is 8. The van der Waals surface area contributed by atoms with Crippen LogP contribution in [0.3, 0.4) is 0 Å². The number of aryl methyl sites for hydroxylation is 2. The normalized spacial score (nSPS) is 11.9. The molecule has 4 rings (SSSR count). The predicted octanol–water partition coefficient (Wildman–Crippen LogP) is 4.90. The van der Waals surface area contributed by atoms with E-state index in [9.17, 15) is 4.79 Å². The molecular weight excluding hydrogens is 394 g/mol. The van der Waals surface area contributed by atoms with Crippen LogP contribution in [-0.2, 0) is 11.4 Å². The summed E-state index contributed by atoms with van der Waals surface area (Å²) in [5.41, 5.74) is 4.74. The molecule has 0 saturated heterocycles. The molecule has 0 saturated carbocycles. The monoisotopic (exact) mass is 418 g/mol. The van der Waals surface area contributed by atoms with Crippen molar-refractivity contribution < 1.29 is 23.6 Å². The zero-order valence-corrected chi connectivity index (χ0v) is 17.4. The molecule has 0 aliphatic carbocycles. The van der Waals surface area contributed by atoms with E-state index in [1.165, 1.54) is 11.8 Å². The first kappa shape index (κ1) is 20.5. The van der Waals surface area contributed by atoms with E-state index in [4.69, 9.17) is 18.8 Å². The van der Waals surface area contributed by atoms with Crippen LogP contribution in [0.5, 0.6) is 5.75 Å². The molecule has 2 heterocycles. The van der Waals surface area contributed by atoms with Gasteiger partial charge in [0.1, 0.15) is 36.6 Å². The summed E-state index contributed by atoms with van der Waals surface area (Å²) in [7, 11) is 0. The van der Waals surface area contributed by atoms with Gasteiger partial charge >= 0.3 is 5.97 Å². The molecule has 0 amide bonds. The Morgan fingerprint density at radius 1 is 1.06 bits per heavy atom. The number of carbonyl (C=O) groups is 1. The van der Waals surface area contributed by atoms with Crippen LogP contribution >= 0.6 is 0 Å². The van der Waals surface area contributed by atoms with Crippen LogP contribution in [0.1, 0.15) is 40.5 Å². The molecule has 0 aliphatic heterocycles. The molecule has 158 valence electrons. The lowest BCUT2D eigenvalue weighted by Gasteiger charge is -2.12. The van der Waals surface area contributed by atoms with E-state index in [2.05, 4.69) is 24.2 Å². The Labute approximate surface area is 180 Å². The van der Waals surface area contributed by atoms with Crippen LogP contribution in [0.4, 0.5) is 0 Å². The predicted molar refractivity (Wildman–Crippen MR) is 116 cm³/mol. The van der Waals surface area contributed by atoms with Crippen LogP contribution in [0.15, 0.2) is 75.9 Å². The molecule has 6 heteroatoms. The highest BCUT2D eigenvalue weighted by molar-refractivity contribution is 5.69. The Kier molecular flexibility index (Phi) is 5.89. The highest BCUT2D eigenvalue weighted by atomic mass is 16.5. The molecule has 0 unspecified atom stereocenters. The Morgan fingerprint density at radius 2 is 1.81 bits per heavy atom. The number of hydrogen-bond acceptors (Lipinski definition) is 5. The molecule has 0 radical (unpaired) electrons. The van der Waals surface area contributed by atoms with E-state index < -0.39 is 5.97 Å². The lowest BCUT2D eigenvalue weighted by atomic mass is 9.92. The van der Waals surface area contributed by atoms with Gasteiger partial charge in [0.15, 0.2) is 0 Å². The summed E-state index contributed by atoms with van der Waals surface area (Å²) in [6.07, 6.45) is 1.51. The number of benzene rings is 2. The summed E-state index contributed by atoms with van der Waals surface area (Å²) in [5.74, 6) is 1.39. The minimum Gasteiger partial charge on any atom is -0.565 e. The third-order valence-electron chi connectivity index (χ3n) is 5.24. The second-order valence-corrected chi connectivity index (χ2v) is 7.52. The van der Waals surface area contributed by atoms with Crippen LogP contribution in [-0.4, -0.2) is 16.2 Å². The standard InChI is InChI=1S/C25H23NO5/c1-16-3-5-19(6-4-16)24-13-20(17(2)31-24)15-29-21-9-7-18(8-10-21)22(14-25(27)28)23-11-12-30-26-23/h3-13,22H,14-15H2,1-2H3,(H,27,28)/p+1/t22-/m0/s1. The molecule has 1 atom stereocenters. The minimum absolute atomic E-state index is 0.0444. The number of hydrogen-bond donors (Lipinski definition) is 0. The lowest BCUT2D eigenvalue weighted by molar-refractivity contribution is -0.137. The molecule has 2 aromatic heterocycles. The maximum absolute atomic E-state index is 11.4. The van der Waals surface area contributed by atoms with Crippen LogP contribution < -0.4 is 4.74 Å². The minimum atomic E-state index is -0.645. The number of ether oxygens (including phenoxy) is 1. The molecule has 2 aromatic carbocycles. The van der Waals surface area contributed by atoms with Gasteiger partial charge < -0.3 is 18.8 Å². The van der Waals surface area contributed by atoms with Crippen LogP contribution in [0, 0.1) is 13.8 Å². The number of carbonyl (C=O) groups excluding carboxylic acids is 1. The van der Waals surface area contributed by atoms with Gasteiger partial charge in [0, 0.05) is 27.9 Å². The van der Waals surface area contributed by atoms with Crippen molar-refractivity contribution in [1.29, 1.82) is 0 Å². The first-order valence-electron chi connectivity index (χ1n) is 10.0. The summed E-state index contributed by atoms with van der Waals surface area (Å²) in [6.45, 7) is 4.37. The Balaban J connectivity index is 1.45. The first-order chi connectivity index (χ1) is 15.0. The van der Waals surface area contributed by atoms with Gasteiger partial charge in [0.05, 0.1) is 5.69 Å². The average molecular weight is 418 g/mol. The van der Waals surface area contributed by atoms with Gasteiger partial charge in [-0.3, -0.25) is 0 Å². The van der Waals surface area contributed by atoms with E-state index in [-0.39, 0.29) is 12.3 Å². The van der Waals surface area contributed by atoms with Crippen molar-refractivity contribution in [3.8, 4) is 17.1 Å². The molecule has 0 fully saturated rings. The molecule has 2 N–H and O–H groups in total. The fourth-order valence-corrected chi connectivity index (χ4v) is 3.46. The first-order valence-corrected chi connectivity index (χ1v) is 10.0. The largest absolute Gasteiger partial charge is 0.565 e. The fourth-order valence-electron chi connectivity index (χ4n) is 3.46. The van der Waals surface area contributed by atoms with Crippen LogP contribution in [0.25, 0.3) is 11.3 Å². The third kappa shape index (κ3) is 4.86. The SMILES string of the molecule is Cc1ccc(-c2cc(COc3ccc([C@H](CC(=O)[OH2+])c4ccon4)cc3)c(C)o2)cc1. The van der Waals surface area contributed by atoms with Crippen molar-refractivity contribution >= 4 is 5.97 Å². The summed E-state index contributed by atoms with van der Waals surface area (Å²) >= 11 is 0. The van der Waals surface area contributed by atoms with Crippen molar-refractivity contribution in [2.24, 2.45) is 0 Å². The van der Waals surface area contributed by atoms with Gasteiger partial charge in [-0.15, -0.1) is 0 Å². The summed E-state index contributed by atoms with van der Waals surface area (Å²) < 4.78 is 16.8.